The van der Waals surface area contributed by atoms with E-state index in [1.807, 2.05) is 0 Å². The summed E-state index contributed by atoms with van der Waals surface area (Å²) >= 11 is 0. The molecule has 0 aromatic carbocycles. The summed E-state index contributed by atoms with van der Waals surface area (Å²) in [6.07, 6.45) is 0. The van der Waals surface area contributed by atoms with Gasteiger partial charge in [0.15, 0.2) is 0 Å². The zero-order valence-electron chi connectivity index (χ0n) is 7.26. The fraction of sp³-hybridized carbons (Fsp3) is 0.571. The maximum atomic E-state index is 11.2. The summed E-state index contributed by atoms with van der Waals surface area (Å²) in [4.78, 5) is 11.2. The van der Waals surface area contributed by atoms with Gasteiger partial charge in [-0.3, -0.25) is 5.01 Å². The Morgan fingerprint density at radius 1 is 1.83 bits per heavy atom. The summed E-state index contributed by atoms with van der Waals surface area (Å²) in [5.74, 6) is 0.0975. The summed E-state index contributed by atoms with van der Waals surface area (Å²) < 4.78 is 4.80. The van der Waals surface area contributed by atoms with Crippen molar-refractivity contribution in [2.24, 2.45) is 5.73 Å². The highest BCUT2D eigenvalue weighted by atomic mass is 16.5. The number of carbonyl (C=O) groups is 1. The Labute approximate surface area is 71.1 Å². The molecule has 3 N–H and O–H groups in total. The number of hydrogen-bond acceptors (Lipinski definition) is 5. The first-order chi connectivity index (χ1) is 5.66. The predicted octanol–water partition coefficient (Wildman–Crippen LogP) is -0.830. The van der Waals surface area contributed by atoms with E-state index in [0.29, 0.717) is 24.5 Å². The molecule has 0 atom stereocenters. The molecule has 1 heterocycles. The van der Waals surface area contributed by atoms with Gasteiger partial charge in [0.05, 0.1) is 18.7 Å². The molecular weight excluding hydrogens is 158 g/mol. The van der Waals surface area contributed by atoms with Crippen LogP contribution in [0.1, 0.15) is 6.92 Å². The van der Waals surface area contributed by atoms with Crippen LogP contribution in [0.4, 0.5) is 0 Å². The number of nitrogens with one attached hydrogen (secondary N) is 1. The van der Waals surface area contributed by atoms with Gasteiger partial charge in [-0.05, 0) is 6.92 Å². The van der Waals surface area contributed by atoms with Crippen molar-refractivity contribution >= 4 is 5.97 Å². The Morgan fingerprint density at radius 3 is 2.92 bits per heavy atom. The maximum Gasteiger partial charge on any atom is 0.339 e. The van der Waals surface area contributed by atoms with E-state index in [1.54, 1.807) is 19.0 Å². The number of ether oxygens (including phenoxy) is 1. The highest BCUT2D eigenvalue weighted by Gasteiger charge is 2.22. The number of nitrogens with zero attached hydrogens (tertiary/aromatic N) is 1. The van der Waals surface area contributed by atoms with E-state index in [0.717, 1.165) is 0 Å². The normalized spacial score (nSPS) is 17.0. The third-order valence-corrected chi connectivity index (χ3v) is 1.69. The molecule has 0 saturated heterocycles. The van der Waals surface area contributed by atoms with Crippen LogP contribution in [-0.2, 0) is 9.53 Å². The molecule has 0 aliphatic carbocycles. The van der Waals surface area contributed by atoms with E-state index < -0.39 is 0 Å². The Balaban J connectivity index is 2.68. The minimum absolute atomic E-state index is 0.341. The fourth-order valence-corrected chi connectivity index (χ4v) is 0.971. The number of hydrazine groups is 1. The molecule has 0 amide bonds. The fourth-order valence-electron chi connectivity index (χ4n) is 0.971. The predicted molar refractivity (Wildman–Crippen MR) is 43.6 cm³/mol. The quantitative estimate of drug-likeness (QED) is 0.531. The van der Waals surface area contributed by atoms with Gasteiger partial charge in [-0.25, -0.2) is 10.2 Å². The Kier molecular flexibility index (Phi) is 2.54. The van der Waals surface area contributed by atoms with Crippen LogP contribution >= 0.6 is 0 Å². The van der Waals surface area contributed by atoms with Gasteiger partial charge >= 0.3 is 5.97 Å². The van der Waals surface area contributed by atoms with E-state index in [9.17, 15) is 4.79 Å². The van der Waals surface area contributed by atoms with Crippen molar-refractivity contribution < 1.29 is 9.53 Å². The number of carbonyl (C=O) groups excluding carboxylic acids is 1. The van der Waals surface area contributed by atoms with Crippen molar-refractivity contribution in [3.63, 3.8) is 0 Å². The molecular formula is C7H13N3O2. The topological polar surface area (TPSA) is 67.6 Å². The third-order valence-electron chi connectivity index (χ3n) is 1.69. The number of esters is 1. The molecule has 0 spiro atoms. The van der Waals surface area contributed by atoms with Crippen LogP contribution in [0.25, 0.3) is 0 Å². The van der Waals surface area contributed by atoms with Crippen molar-refractivity contribution in [2.75, 3.05) is 20.2 Å². The molecule has 0 unspecified atom stereocenters. The molecule has 1 rings (SSSR count). The molecule has 5 nitrogen and oxygen atoms in total. The van der Waals surface area contributed by atoms with E-state index in [4.69, 9.17) is 10.5 Å². The minimum Gasteiger partial charge on any atom is -0.462 e. The van der Waals surface area contributed by atoms with Crippen molar-refractivity contribution in [1.29, 1.82) is 0 Å². The van der Waals surface area contributed by atoms with Crippen LogP contribution < -0.4 is 11.2 Å². The second-order valence-electron chi connectivity index (χ2n) is 2.48. The molecule has 68 valence electrons. The SMILES string of the molecule is CCOC(=O)C1=C(N)N(C)NC1. The summed E-state index contributed by atoms with van der Waals surface area (Å²) in [7, 11) is 1.75. The average Bonchev–Trinajstić information content (AvgIpc) is 2.34. The van der Waals surface area contributed by atoms with Gasteiger partial charge in [0.2, 0.25) is 0 Å². The van der Waals surface area contributed by atoms with Crippen LogP contribution in [-0.4, -0.2) is 31.2 Å². The molecule has 0 bridgehead atoms. The molecule has 0 aromatic rings. The third kappa shape index (κ3) is 1.50. The van der Waals surface area contributed by atoms with E-state index >= 15 is 0 Å². The lowest BCUT2D eigenvalue weighted by molar-refractivity contribution is -0.138. The lowest BCUT2D eigenvalue weighted by Gasteiger charge is -2.10. The molecule has 1 aliphatic rings. The smallest absolute Gasteiger partial charge is 0.339 e. The lowest BCUT2D eigenvalue weighted by Crippen LogP contribution is -2.30. The highest BCUT2D eigenvalue weighted by molar-refractivity contribution is 5.90. The van der Waals surface area contributed by atoms with Crippen LogP contribution in [0.2, 0.25) is 0 Å². The van der Waals surface area contributed by atoms with Crippen molar-refractivity contribution in [1.82, 2.24) is 10.4 Å². The summed E-state index contributed by atoms with van der Waals surface area (Å²) in [5, 5.41) is 1.60. The average molecular weight is 171 g/mol. The molecule has 0 saturated carbocycles. The molecule has 0 aromatic heterocycles. The summed E-state index contributed by atoms with van der Waals surface area (Å²) in [6, 6.07) is 0. The van der Waals surface area contributed by atoms with Crippen molar-refractivity contribution in [3.05, 3.63) is 11.4 Å². The molecule has 1 aliphatic heterocycles. The standard InChI is InChI=1S/C7H13N3O2/c1-3-12-7(11)5-4-9-10(2)6(5)8/h9H,3-4,8H2,1-2H3. The van der Waals surface area contributed by atoms with Crippen LogP contribution in [0.15, 0.2) is 11.4 Å². The highest BCUT2D eigenvalue weighted by Crippen LogP contribution is 2.09. The Morgan fingerprint density at radius 2 is 2.50 bits per heavy atom. The van der Waals surface area contributed by atoms with Gasteiger partial charge < -0.3 is 10.5 Å². The van der Waals surface area contributed by atoms with E-state index in [2.05, 4.69) is 5.43 Å². The van der Waals surface area contributed by atoms with Gasteiger partial charge in [-0.2, -0.15) is 0 Å². The molecule has 0 radical (unpaired) electrons. The first-order valence-electron chi connectivity index (χ1n) is 3.79. The first kappa shape index (κ1) is 8.86. The van der Waals surface area contributed by atoms with Gasteiger partial charge in [0, 0.05) is 7.05 Å². The van der Waals surface area contributed by atoms with Gasteiger partial charge in [0.25, 0.3) is 0 Å². The van der Waals surface area contributed by atoms with Crippen LogP contribution in [0.5, 0.6) is 0 Å². The number of rotatable bonds is 2. The second kappa shape index (κ2) is 3.44. The number of nitrogens with two attached hydrogens (primary N) is 1. The minimum atomic E-state index is -0.341. The second-order valence-corrected chi connectivity index (χ2v) is 2.48. The van der Waals surface area contributed by atoms with E-state index in [1.165, 1.54) is 0 Å². The summed E-state index contributed by atoms with van der Waals surface area (Å²) in [5.41, 5.74) is 8.99. The molecule has 0 fully saturated rings. The zero-order chi connectivity index (χ0) is 9.14. The molecule has 12 heavy (non-hydrogen) atoms. The van der Waals surface area contributed by atoms with Gasteiger partial charge in [0.1, 0.15) is 5.82 Å². The van der Waals surface area contributed by atoms with Gasteiger partial charge in [-0.15, -0.1) is 0 Å². The zero-order valence-corrected chi connectivity index (χ0v) is 7.26. The van der Waals surface area contributed by atoms with E-state index in [-0.39, 0.29) is 5.97 Å². The number of hydrogen-bond donors (Lipinski definition) is 2. The summed E-state index contributed by atoms with van der Waals surface area (Å²) in [6.45, 7) is 2.58. The largest absolute Gasteiger partial charge is 0.462 e. The monoisotopic (exact) mass is 171 g/mol. The van der Waals surface area contributed by atoms with Crippen molar-refractivity contribution in [2.45, 2.75) is 6.92 Å². The molecule has 5 heteroatoms. The Bertz CT molecular complexity index is 225. The first-order valence-corrected chi connectivity index (χ1v) is 3.79. The Hall–Kier alpha value is -1.23. The van der Waals surface area contributed by atoms with Crippen LogP contribution in [0.3, 0.4) is 0 Å². The van der Waals surface area contributed by atoms with Crippen LogP contribution in [0, 0.1) is 0 Å². The maximum absolute atomic E-state index is 11.2. The van der Waals surface area contributed by atoms with Crippen molar-refractivity contribution in [3.8, 4) is 0 Å². The van der Waals surface area contributed by atoms with Gasteiger partial charge in [-0.1, -0.05) is 0 Å². The lowest BCUT2D eigenvalue weighted by atomic mass is 10.3.